The first-order chi connectivity index (χ1) is 6.46. The second-order valence-electron chi connectivity index (χ2n) is 5.48. The third-order valence-corrected chi connectivity index (χ3v) is 1.76. The SMILES string of the molecule is CC(C)(C)C(=O)NN(C(=O)O)C(C)(C)C. The highest BCUT2D eigenvalue weighted by molar-refractivity contribution is 5.83. The summed E-state index contributed by atoms with van der Waals surface area (Å²) in [5.74, 6) is -0.320. The van der Waals surface area contributed by atoms with Crippen LogP contribution in [-0.2, 0) is 4.79 Å². The molecule has 0 unspecified atom stereocenters. The first kappa shape index (κ1) is 13.7. The highest BCUT2D eigenvalue weighted by Crippen LogP contribution is 2.16. The van der Waals surface area contributed by atoms with Crippen LogP contribution < -0.4 is 5.43 Å². The van der Waals surface area contributed by atoms with Crippen molar-refractivity contribution < 1.29 is 14.7 Å². The van der Waals surface area contributed by atoms with Crippen LogP contribution in [0.4, 0.5) is 4.79 Å². The molecule has 5 nitrogen and oxygen atoms in total. The monoisotopic (exact) mass is 216 g/mol. The molecule has 5 heteroatoms. The van der Waals surface area contributed by atoms with E-state index in [1.165, 1.54) is 0 Å². The molecule has 0 atom stereocenters. The highest BCUT2D eigenvalue weighted by atomic mass is 16.4. The molecule has 0 aliphatic carbocycles. The topological polar surface area (TPSA) is 69.6 Å². The molecule has 0 aliphatic heterocycles. The molecule has 2 N–H and O–H groups in total. The molecule has 0 saturated heterocycles. The lowest BCUT2D eigenvalue weighted by atomic mass is 9.96. The molecule has 0 bridgehead atoms. The van der Waals surface area contributed by atoms with E-state index < -0.39 is 17.0 Å². The first-order valence-electron chi connectivity index (χ1n) is 4.80. The number of hydrogen-bond acceptors (Lipinski definition) is 2. The van der Waals surface area contributed by atoms with Gasteiger partial charge < -0.3 is 5.11 Å². The quantitative estimate of drug-likeness (QED) is 0.607. The Morgan fingerprint density at radius 2 is 1.47 bits per heavy atom. The summed E-state index contributed by atoms with van der Waals surface area (Å²) in [6.07, 6.45) is -1.17. The number of nitrogens with one attached hydrogen (secondary N) is 1. The van der Waals surface area contributed by atoms with Gasteiger partial charge in [-0.3, -0.25) is 10.2 Å². The predicted octanol–water partition coefficient (Wildman–Crippen LogP) is 1.84. The van der Waals surface area contributed by atoms with Gasteiger partial charge in [0.2, 0.25) is 5.91 Å². The maximum atomic E-state index is 11.6. The van der Waals surface area contributed by atoms with Crippen molar-refractivity contribution in [2.45, 2.75) is 47.1 Å². The van der Waals surface area contributed by atoms with E-state index in [9.17, 15) is 9.59 Å². The number of hydrazine groups is 1. The van der Waals surface area contributed by atoms with E-state index in [2.05, 4.69) is 5.43 Å². The van der Waals surface area contributed by atoms with Crippen molar-refractivity contribution in [1.82, 2.24) is 10.4 Å². The largest absolute Gasteiger partial charge is 0.464 e. The Morgan fingerprint density at radius 3 is 1.67 bits per heavy atom. The zero-order valence-electron chi connectivity index (χ0n) is 10.2. The molecule has 0 spiro atoms. The van der Waals surface area contributed by atoms with Crippen molar-refractivity contribution in [3.05, 3.63) is 0 Å². The van der Waals surface area contributed by atoms with Crippen LogP contribution in [0.2, 0.25) is 0 Å². The molecule has 0 fully saturated rings. The zero-order chi connectivity index (χ0) is 12.4. The van der Waals surface area contributed by atoms with Crippen LogP contribution >= 0.6 is 0 Å². The van der Waals surface area contributed by atoms with Gasteiger partial charge in [-0.05, 0) is 20.8 Å². The van der Waals surface area contributed by atoms with E-state index in [4.69, 9.17) is 5.11 Å². The summed E-state index contributed by atoms with van der Waals surface area (Å²) >= 11 is 0. The van der Waals surface area contributed by atoms with Gasteiger partial charge in [0.15, 0.2) is 0 Å². The summed E-state index contributed by atoms with van der Waals surface area (Å²) < 4.78 is 0. The Bertz CT molecular complexity index is 261. The summed E-state index contributed by atoms with van der Waals surface area (Å²) in [6.45, 7) is 10.3. The van der Waals surface area contributed by atoms with Gasteiger partial charge in [-0.15, -0.1) is 0 Å². The fourth-order valence-electron chi connectivity index (χ4n) is 0.772. The minimum Gasteiger partial charge on any atom is -0.464 e. The Balaban J connectivity index is 4.74. The molecular formula is C10H20N2O3. The number of nitrogens with zero attached hydrogens (tertiary/aromatic N) is 1. The predicted molar refractivity (Wildman–Crippen MR) is 57.2 cm³/mol. The van der Waals surface area contributed by atoms with E-state index in [0.29, 0.717) is 0 Å². The zero-order valence-corrected chi connectivity index (χ0v) is 10.2. The van der Waals surface area contributed by atoms with Gasteiger partial charge in [0.25, 0.3) is 0 Å². The van der Waals surface area contributed by atoms with Gasteiger partial charge in [0, 0.05) is 5.41 Å². The lowest BCUT2D eigenvalue weighted by Crippen LogP contribution is -2.57. The lowest BCUT2D eigenvalue weighted by molar-refractivity contribution is -0.134. The van der Waals surface area contributed by atoms with Crippen molar-refractivity contribution in [3.8, 4) is 0 Å². The van der Waals surface area contributed by atoms with E-state index in [0.717, 1.165) is 5.01 Å². The molecule has 88 valence electrons. The third kappa shape index (κ3) is 4.18. The number of hydrogen-bond donors (Lipinski definition) is 2. The minimum absolute atomic E-state index is 0.320. The van der Waals surface area contributed by atoms with Crippen molar-refractivity contribution in [3.63, 3.8) is 0 Å². The molecule has 0 rings (SSSR count). The number of rotatable bonds is 0. The van der Waals surface area contributed by atoms with Gasteiger partial charge >= 0.3 is 6.09 Å². The summed E-state index contributed by atoms with van der Waals surface area (Å²) in [6, 6.07) is 0. The average molecular weight is 216 g/mol. The standard InChI is InChI=1S/C10H20N2O3/c1-9(2,3)7(13)11-12(8(14)15)10(4,5)6/h1-6H3,(H,11,13)(H,14,15). The number of amides is 2. The second-order valence-corrected chi connectivity index (χ2v) is 5.48. The number of carbonyl (C=O) groups is 2. The average Bonchev–Trinajstić information content (AvgIpc) is 1.94. The normalized spacial score (nSPS) is 12.1. The van der Waals surface area contributed by atoms with Gasteiger partial charge in [-0.1, -0.05) is 20.8 Å². The van der Waals surface area contributed by atoms with Crippen LogP contribution in [0.3, 0.4) is 0 Å². The van der Waals surface area contributed by atoms with E-state index >= 15 is 0 Å². The van der Waals surface area contributed by atoms with Gasteiger partial charge in [-0.2, -0.15) is 0 Å². The first-order valence-corrected chi connectivity index (χ1v) is 4.80. The van der Waals surface area contributed by atoms with Gasteiger partial charge in [0.05, 0.1) is 5.54 Å². The van der Waals surface area contributed by atoms with Crippen LogP contribution in [0, 0.1) is 5.41 Å². The van der Waals surface area contributed by atoms with Crippen molar-refractivity contribution >= 4 is 12.0 Å². The van der Waals surface area contributed by atoms with E-state index in [-0.39, 0.29) is 5.91 Å². The number of carboxylic acid groups (broad SMARTS) is 1. The third-order valence-electron chi connectivity index (χ3n) is 1.76. The molecule has 15 heavy (non-hydrogen) atoms. The van der Waals surface area contributed by atoms with Crippen molar-refractivity contribution in [2.75, 3.05) is 0 Å². The molecule has 0 aromatic rings. The van der Waals surface area contributed by atoms with Crippen LogP contribution in [0.15, 0.2) is 0 Å². The second kappa shape index (κ2) is 4.08. The minimum atomic E-state index is -1.17. The molecule has 0 aliphatic rings. The summed E-state index contributed by atoms with van der Waals surface area (Å²) in [4.78, 5) is 22.5. The lowest BCUT2D eigenvalue weighted by Gasteiger charge is -2.34. The van der Waals surface area contributed by atoms with Gasteiger partial charge in [-0.25, -0.2) is 9.80 Å². The molecule has 0 aromatic carbocycles. The van der Waals surface area contributed by atoms with Crippen LogP contribution in [0.25, 0.3) is 0 Å². The molecule has 0 saturated carbocycles. The van der Waals surface area contributed by atoms with Crippen LogP contribution in [0.5, 0.6) is 0 Å². The maximum Gasteiger partial charge on any atom is 0.426 e. The molecule has 2 amide bonds. The Morgan fingerprint density at radius 1 is 1.07 bits per heavy atom. The fraction of sp³-hybridized carbons (Fsp3) is 0.800. The molecule has 0 heterocycles. The molecule has 0 aromatic heterocycles. The van der Waals surface area contributed by atoms with E-state index in [1.54, 1.807) is 41.5 Å². The van der Waals surface area contributed by atoms with Crippen molar-refractivity contribution in [2.24, 2.45) is 5.41 Å². The van der Waals surface area contributed by atoms with Crippen molar-refractivity contribution in [1.29, 1.82) is 0 Å². The smallest absolute Gasteiger partial charge is 0.426 e. The molecular weight excluding hydrogens is 196 g/mol. The fourth-order valence-corrected chi connectivity index (χ4v) is 0.772. The summed E-state index contributed by atoms with van der Waals surface area (Å²) in [7, 11) is 0. The Kier molecular flexibility index (Phi) is 3.74. The summed E-state index contributed by atoms with van der Waals surface area (Å²) in [5.41, 5.74) is 1.12. The highest BCUT2D eigenvalue weighted by Gasteiger charge is 2.31. The van der Waals surface area contributed by atoms with Crippen LogP contribution in [0.1, 0.15) is 41.5 Å². The van der Waals surface area contributed by atoms with Gasteiger partial charge in [0.1, 0.15) is 0 Å². The van der Waals surface area contributed by atoms with E-state index in [1.807, 2.05) is 0 Å². The number of carbonyl (C=O) groups excluding carboxylic acids is 1. The Labute approximate surface area is 90.4 Å². The molecule has 0 radical (unpaired) electrons. The maximum absolute atomic E-state index is 11.6. The summed E-state index contributed by atoms with van der Waals surface area (Å²) in [5, 5.41) is 9.85. The van der Waals surface area contributed by atoms with Crippen LogP contribution in [-0.4, -0.2) is 27.7 Å². The Hall–Kier alpha value is -1.26.